The van der Waals surface area contributed by atoms with Gasteiger partial charge in [-0.3, -0.25) is 9.59 Å². The van der Waals surface area contributed by atoms with Gasteiger partial charge < -0.3 is 25.2 Å². The highest BCUT2D eigenvalue weighted by Crippen LogP contribution is 2.17. The van der Waals surface area contributed by atoms with Crippen LogP contribution in [0.4, 0.5) is 14.6 Å². The van der Waals surface area contributed by atoms with Gasteiger partial charge in [-0.1, -0.05) is 18.5 Å². The highest BCUT2D eigenvalue weighted by atomic mass is 19.1. The summed E-state index contributed by atoms with van der Waals surface area (Å²) in [4.78, 5) is 25.1. The molecule has 0 saturated heterocycles. The predicted octanol–water partition coefficient (Wildman–Crippen LogP) is 3.88. The van der Waals surface area contributed by atoms with E-state index in [9.17, 15) is 18.4 Å². The Morgan fingerprint density at radius 3 is 2.47 bits per heavy atom. The van der Waals surface area contributed by atoms with E-state index in [4.69, 9.17) is 9.26 Å². The van der Waals surface area contributed by atoms with E-state index in [0.717, 1.165) is 31.2 Å². The highest BCUT2D eigenvalue weighted by Gasteiger charge is 2.22. The number of anilines is 1. The summed E-state index contributed by atoms with van der Waals surface area (Å²) in [5.41, 5.74) is 0.184. The van der Waals surface area contributed by atoms with E-state index in [1.165, 1.54) is 0 Å². The van der Waals surface area contributed by atoms with Crippen LogP contribution in [0, 0.1) is 11.6 Å². The Bertz CT molecular complexity index is 915. The van der Waals surface area contributed by atoms with Crippen LogP contribution in [0.5, 0.6) is 0 Å². The van der Waals surface area contributed by atoms with E-state index < -0.39 is 29.5 Å². The molecule has 1 aromatic heterocycles. The lowest BCUT2D eigenvalue weighted by atomic mass is 10.1. The topological polar surface area (TPSA) is 105 Å². The van der Waals surface area contributed by atoms with Gasteiger partial charge in [0, 0.05) is 18.7 Å². The number of hydrogen-bond donors (Lipinski definition) is 3. The summed E-state index contributed by atoms with van der Waals surface area (Å²) in [6.45, 7) is 9.17. The van der Waals surface area contributed by atoms with Gasteiger partial charge in [0.25, 0.3) is 0 Å². The molecule has 188 valence electrons. The first kappa shape index (κ1) is 27.4. The molecule has 0 bridgehead atoms. The molecule has 2 atom stereocenters. The van der Waals surface area contributed by atoms with E-state index in [-0.39, 0.29) is 29.9 Å². The molecular weight excluding hydrogens is 446 g/mol. The Balaban J connectivity index is 1.87. The van der Waals surface area contributed by atoms with E-state index >= 15 is 0 Å². The lowest BCUT2D eigenvalue weighted by Gasteiger charge is -2.17. The van der Waals surface area contributed by atoms with Crippen LogP contribution in [-0.4, -0.2) is 42.3 Å². The number of hydrogen-bond acceptors (Lipinski definition) is 6. The zero-order chi connectivity index (χ0) is 25.1. The fourth-order valence-corrected chi connectivity index (χ4v) is 3.28. The molecule has 1 heterocycles. The number of nitrogens with one attached hydrogen (secondary N) is 3. The molecule has 0 saturated carbocycles. The van der Waals surface area contributed by atoms with Gasteiger partial charge in [0.15, 0.2) is 11.6 Å². The summed E-state index contributed by atoms with van der Waals surface area (Å²) >= 11 is 0. The van der Waals surface area contributed by atoms with Crippen molar-refractivity contribution in [3.8, 4) is 0 Å². The first-order valence-electron chi connectivity index (χ1n) is 11.5. The number of ether oxygens (including phenoxy) is 1. The van der Waals surface area contributed by atoms with Gasteiger partial charge in [0.1, 0.15) is 17.7 Å². The minimum absolute atomic E-state index is 0.116. The Morgan fingerprint density at radius 2 is 1.82 bits per heavy atom. The molecule has 2 rings (SSSR count). The molecule has 0 fully saturated rings. The monoisotopic (exact) mass is 480 g/mol. The summed E-state index contributed by atoms with van der Waals surface area (Å²) < 4.78 is 37.6. The molecule has 1 aromatic carbocycles. The second-order valence-electron chi connectivity index (χ2n) is 8.42. The zero-order valence-electron chi connectivity index (χ0n) is 20.1. The van der Waals surface area contributed by atoms with Crippen LogP contribution in [0.3, 0.4) is 0 Å². The van der Waals surface area contributed by atoms with Crippen molar-refractivity contribution in [1.82, 2.24) is 15.8 Å². The molecule has 0 aliphatic rings. The van der Waals surface area contributed by atoms with Crippen LogP contribution >= 0.6 is 0 Å². The number of aromatic nitrogens is 1. The Kier molecular flexibility index (Phi) is 11.1. The first-order valence-corrected chi connectivity index (χ1v) is 11.5. The first-order chi connectivity index (χ1) is 16.2. The van der Waals surface area contributed by atoms with Crippen molar-refractivity contribution in [3.63, 3.8) is 0 Å². The molecule has 34 heavy (non-hydrogen) atoms. The minimum atomic E-state index is -0.826. The largest absolute Gasteiger partial charge is 0.379 e. The van der Waals surface area contributed by atoms with E-state index in [0.29, 0.717) is 25.2 Å². The summed E-state index contributed by atoms with van der Waals surface area (Å²) in [5.74, 6) is -1.70. The molecular formula is C24H34F2N4O4. The third kappa shape index (κ3) is 9.56. The Labute approximate surface area is 198 Å². The van der Waals surface area contributed by atoms with Crippen molar-refractivity contribution in [1.29, 1.82) is 0 Å². The van der Waals surface area contributed by atoms with Gasteiger partial charge in [-0.25, -0.2) is 8.78 Å². The SMILES string of the molecule is CCCC(NC(=O)Cc1cc(F)cc(F)c1)C(=O)Nc1cc(C(C)NCCCOC(C)C)on1. The van der Waals surface area contributed by atoms with Gasteiger partial charge >= 0.3 is 0 Å². The molecule has 0 radical (unpaired) electrons. The highest BCUT2D eigenvalue weighted by molar-refractivity contribution is 5.96. The Morgan fingerprint density at radius 1 is 1.12 bits per heavy atom. The third-order valence-corrected chi connectivity index (χ3v) is 4.95. The molecule has 3 N–H and O–H groups in total. The molecule has 10 heteroatoms. The molecule has 0 spiro atoms. The minimum Gasteiger partial charge on any atom is -0.379 e. The molecule has 0 aliphatic carbocycles. The lowest BCUT2D eigenvalue weighted by Crippen LogP contribution is -2.44. The van der Waals surface area contributed by atoms with Gasteiger partial charge in [-0.15, -0.1) is 0 Å². The average molecular weight is 481 g/mol. The molecule has 8 nitrogen and oxygen atoms in total. The number of carbonyl (C=O) groups excluding carboxylic acids is 2. The van der Waals surface area contributed by atoms with Crippen molar-refractivity contribution < 1.29 is 27.6 Å². The normalized spacial score (nSPS) is 13.0. The van der Waals surface area contributed by atoms with Crippen molar-refractivity contribution in [2.45, 2.75) is 71.6 Å². The van der Waals surface area contributed by atoms with Crippen molar-refractivity contribution in [2.75, 3.05) is 18.5 Å². The maximum absolute atomic E-state index is 13.4. The van der Waals surface area contributed by atoms with Gasteiger partial charge in [-0.05, 0) is 57.9 Å². The fourth-order valence-electron chi connectivity index (χ4n) is 3.28. The number of rotatable bonds is 14. The maximum Gasteiger partial charge on any atom is 0.248 e. The predicted molar refractivity (Wildman–Crippen MR) is 124 cm³/mol. The summed E-state index contributed by atoms with van der Waals surface area (Å²) in [7, 11) is 0. The van der Waals surface area contributed by atoms with Crippen LogP contribution in [-0.2, 0) is 20.7 Å². The van der Waals surface area contributed by atoms with Crippen molar-refractivity contribution in [2.24, 2.45) is 0 Å². The van der Waals surface area contributed by atoms with Crippen LogP contribution in [0.2, 0.25) is 0 Å². The number of benzene rings is 1. The van der Waals surface area contributed by atoms with E-state index in [2.05, 4.69) is 21.1 Å². The van der Waals surface area contributed by atoms with Crippen LogP contribution < -0.4 is 16.0 Å². The number of halogens is 2. The van der Waals surface area contributed by atoms with E-state index in [1.54, 1.807) is 6.07 Å². The molecule has 2 amide bonds. The Hall–Kier alpha value is -2.85. The molecule has 0 aliphatic heterocycles. The van der Waals surface area contributed by atoms with Crippen LogP contribution in [0.1, 0.15) is 64.3 Å². The van der Waals surface area contributed by atoms with Crippen molar-refractivity contribution in [3.05, 3.63) is 47.2 Å². The standard InChI is InChI=1S/C24H34F2N4O4/c1-5-7-20(28-23(31)12-17-10-18(25)13-19(26)11-17)24(32)29-22-14-21(34-30-22)16(4)27-8-6-9-33-15(2)3/h10-11,13-16,20,27H,5-9,12H2,1-4H3,(H,28,31)(H,29,30,32). The van der Waals surface area contributed by atoms with Gasteiger partial charge in [-0.2, -0.15) is 0 Å². The summed E-state index contributed by atoms with van der Waals surface area (Å²) in [6, 6.07) is 3.59. The molecule has 2 unspecified atom stereocenters. The summed E-state index contributed by atoms with van der Waals surface area (Å²) in [6.07, 6.45) is 1.82. The number of nitrogens with zero attached hydrogens (tertiary/aromatic N) is 1. The second kappa shape index (κ2) is 13.8. The lowest BCUT2D eigenvalue weighted by molar-refractivity contribution is -0.126. The fraction of sp³-hybridized carbons (Fsp3) is 0.542. The summed E-state index contributed by atoms with van der Waals surface area (Å²) in [5, 5.41) is 12.5. The molecule has 2 aromatic rings. The third-order valence-electron chi connectivity index (χ3n) is 4.95. The van der Waals surface area contributed by atoms with E-state index in [1.807, 2.05) is 27.7 Å². The quantitative estimate of drug-likeness (QED) is 0.355. The second-order valence-corrected chi connectivity index (χ2v) is 8.42. The van der Waals surface area contributed by atoms with Crippen LogP contribution in [0.25, 0.3) is 0 Å². The smallest absolute Gasteiger partial charge is 0.248 e. The number of carbonyl (C=O) groups is 2. The zero-order valence-corrected chi connectivity index (χ0v) is 20.1. The van der Waals surface area contributed by atoms with Gasteiger partial charge in [0.2, 0.25) is 11.8 Å². The maximum atomic E-state index is 13.4. The number of amides is 2. The van der Waals surface area contributed by atoms with Crippen LogP contribution in [0.15, 0.2) is 28.8 Å². The van der Waals surface area contributed by atoms with Crippen molar-refractivity contribution >= 4 is 17.6 Å². The van der Waals surface area contributed by atoms with Gasteiger partial charge in [0.05, 0.1) is 18.6 Å². The average Bonchev–Trinajstić information content (AvgIpc) is 3.20.